The molecule has 0 aromatic heterocycles. The van der Waals surface area contributed by atoms with Crippen LogP contribution < -0.4 is 10.1 Å². The zero-order valence-electron chi connectivity index (χ0n) is 13.6. The van der Waals surface area contributed by atoms with Crippen molar-refractivity contribution in [3.63, 3.8) is 0 Å². The number of aliphatic hydroxyl groups is 1. The van der Waals surface area contributed by atoms with Gasteiger partial charge in [-0.05, 0) is 30.5 Å². The molecule has 1 unspecified atom stereocenters. The third-order valence-corrected chi connectivity index (χ3v) is 4.33. The predicted molar refractivity (Wildman–Crippen MR) is 94.3 cm³/mol. The number of carbonyl (C=O) groups excluding carboxylic acids is 1. The van der Waals surface area contributed by atoms with E-state index in [9.17, 15) is 9.90 Å². The molecular formula is C17H25Cl2NO3. The highest BCUT2D eigenvalue weighted by Gasteiger charge is 2.16. The smallest absolute Gasteiger partial charge is 0.220 e. The number of carbonyl (C=O) groups is 1. The Hall–Kier alpha value is -0.970. The van der Waals surface area contributed by atoms with Crippen LogP contribution in [0.1, 0.15) is 39.5 Å². The molecule has 0 bridgehead atoms. The third-order valence-electron chi connectivity index (χ3n) is 3.80. The Morgan fingerprint density at radius 3 is 2.61 bits per heavy atom. The summed E-state index contributed by atoms with van der Waals surface area (Å²) in [6.45, 7) is 4.77. The van der Waals surface area contributed by atoms with Crippen molar-refractivity contribution in [2.24, 2.45) is 5.92 Å². The zero-order chi connectivity index (χ0) is 17.2. The van der Waals surface area contributed by atoms with Gasteiger partial charge in [0.1, 0.15) is 5.75 Å². The van der Waals surface area contributed by atoms with Gasteiger partial charge in [0.2, 0.25) is 5.91 Å². The van der Waals surface area contributed by atoms with E-state index in [2.05, 4.69) is 5.32 Å². The van der Waals surface area contributed by atoms with Gasteiger partial charge in [-0.3, -0.25) is 4.79 Å². The van der Waals surface area contributed by atoms with Crippen LogP contribution in [-0.4, -0.2) is 30.3 Å². The summed E-state index contributed by atoms with van der Waals surface area (Å²) in [5.74, 6) is 0.701. The average molecular weight is 362 g/mol. The van der Waals surface area contributed by atoms with Crippen LogP contribution in [-0.2, 0) is 4.79 Å². The number of amides is 1. The highest BCUT2D eigenvalue weighted by molar-refractivity contribution is 6.35. The minimum atomic E-state index is -0.488. The second kappa shape index (κ2) is 10.7. The van der Waals surface area contributed by atoms with Crippen LogP contribution in [0.15, 0.2) is 18.2 Å². The summed E-state index contributed by atoms with van der Waals surface area (Å²) >= 11 is 11.8. The third kappa shape index (κ3) is 7.42. The van der Waals surface area contributed by atoms with Gasteiger partial charge in [-0.1, -0.05) is 49.9 Å². The average Bonchev–Trinajstić information content (AvgIpc) is 2.52. The molecule has 0 aliphatic carbocycles. The molecule has 23 heavy (non-hydrogen) atoms. The molecule has 4 nitrogen and oxygen atoms in total. The Morgan fingerprint density at radius 2 is 2.00 bits per heavy atom. The first-order chi connectivity index (χ1) is 11.0. The first-order valence-corrected chi connectivity index (χ1v) is 8.76. The molecule has 1 aromatic carbocycles. The molecule has 1 aromatic rings. The number of rotatable bonds is 10. The fourth-order valence-corrected chi connectivity index (χ4v) is 2.78. The Bertz CT molecular complexity index is 493. The maximum atomic E-state index is 11.7. The Balaban J connectivity index is 2.21. The molecule has 130 valence electrons. The molecule has 0 aliphatic rings. The lowest BCUT2D eigenvalue weighted by Crippen LogP contribution is -2.36. The quantitative estimate of drug-likeness (QED) is 0.617. The van der Waals surface area contributed by atoms with Crippen LogP contribution in [0.25, 0.3) is 0 Å². The summed E-state index contributed by atoms with van der Waals surface area (Å²) in [6, 6.07) is 5.02. The summed E-state index contributed by atoms with van der Waals surface area (Å²) in [4.78, 5) is 11.7. The van der Waals surface area contributed by atoms with Gasteiger partial charge in [0.05, 0.1) is 17.7 Å². The molecule has 0 radical (unpaired) electrons. The van der Waals surface area contributed by atoms with Crippen LogP contribution in [0.2, 0.25) is 10.0 Å². The van der Waals surface area contributed by atoms with Crippen molar-refractivity contribution < 1.29 is 14.6 Å². The number of hydrogen-bond acceptors (Lipinski definition) is 3. The van der Waals surface area contributed by atoms with Crippen molar-refractivity contribution in [2.75, 3.05) is 13.2 Å². The van der Waals surface area contributed by atoms with Crippen LogP contribution >= 0.6 is 23.2 Å². The van der Waals surface area contributed by atoms with E-state index in [0.29, 0.717) is 41.8 Å². The van der Waals surface area contributed by atoms with Crippen molar-refractivity contribution in [1.82, 2.24) is 5.32 Å². The van der Waals surface area contributed by atoms with Crippen molar-refractivity contribution in [3.05, 3.63) is 28.2 Å². The highest BCUT2D eigenvalue weighted by Crippen LogP contribution is 2.27. The van der Waals surface area contributed by atoms with Gasteiger partial charge in [-0.25, -0.2) is 0 Å². The van der Waals surface area contributed by atoms with Crippen molar-refractivity contribution in [3.8, 4) is 5.75 Å². The Labute approximate surface area is 148 Å². The number of benzene rings is 1. The summed E-state index contributed by atoms with van der Waals surface area (Å²) in [7, 11) is 0. The van der Waals surface area contributed by atoms with E-state index in [1.165, 1.54) is 0 Å². The highest BCUT2D eigenvalue weighted by atomic mass is 35.5. The topological polar surface area (TPSA) is 58.6 Å². The van der Waals surface area contributed by atoms with Gasteiger partial charge in [-0.15, -0.1) is 0 Å². The molecule has 0 heterocycles. The van der Waals surface area contributed by atoms with Crippen molar-refractivity contribution >= 4 is 29.1 Å². The van der Waals surface area contributed by atoms with E-state index >= 15 is 0 Å². The maximum Gasteiger partial charge on any atom is 0.220 e. The molecule has 0 saturated heterocycles. The first-order valence-electron chi connectivity index (χ1n) is 8.00. The van der Waals surface area contributed by atoms with Gasteiger partial charge < -0.3 is 15.2 Å². The molecular weight excluding hydrogens is 337 g/mol. The number of aliphatic hydroxyl groups excluding tert-OH is 1. The van der Waals surface area contributed by atoms with E-state index in [1.54, 1.807) is 18.2 Å². The molecule has 0 aliphatic heterocycles. The van der Waals surface area contributed by atoms with Crippen molar-refractivity contribution in [1.29, 1.82) is 0 Å². The molecule has 6 heteroatoms. The van der Waals surface area contributed by atoms with Gasteiger partial charge >= 0.3 is 0 Å². The van der Waals surface area contributed by atoms with Crippen LogP contribution in [0.5, 0.6) is 5.75 Å². The fraction of sp³-hybridized carbons (Fsp3) is 0.588. The van der Waals surface area contributed by atoms with Crippen LogP contribution in [0.3, 0.4) is 0 Å². The summed E-state index contributed by atoms with van der Waals surface area (Å²) < 4.78 is 5.52. The molecule has 1 atom stereocenters. The number of nitrogens with one attached hydrogen (secondary N) is 1. The minimum Gasteiger partial charge on any atom is -0.492 e. The van der Waals surface area contributed by atoms with Gasteiger partial charge in [0.15, 0.2) is 0 Å². The lowest BCUT2D eigenvalue weighted by molar-refractivity contribution is -0.122. The SMILES string of the molecule is CCC(CC)C(O)CNC(=O)CCCOc1ccc(Cl)cc1Cl. The summed E-state index contributed by atoms with van der Waals surface area (Å²) in [5, 5.41) is 13.7. The normalized spacial score (nSPS) is 12.3. The number of hydrogen-bond donors (Lipinski definition) is 2. The standard InChI is InChI=1S/C17H25Cl2NO3/c1-3-12(4-2)15(21)11-20-17(22)6-5-9-23-16-8-7-13(18)10-14(16)19/h7-8,10,12,15,21H,3-6,9,11H2,1-2H3,(H,20,22). The molecule has 0 fully saturated rings. The van der Waals surface area contributed by atoms with Gasteiger partial charge in [0, 0.05) is 18.0 Å². The number of halogens is 2. The second-order valence-electron chi connectivity index (χ2n) is 5.47. The molecule has 0 spiro atoms. The lowest BCUT2D eigenvalue weighted by Gasteiger charge is -2.20. The largest absolute Gasteiger partial charge is 0.492 e. The Morgan fingerprint density at radius 1 is 1.30 bits per heavy atom. The fourth-order valence-electron chi connectivity index (χ4n) is 2.31. The molecule has 1 amide bonds. The van der Waals surface area contributed by atoms with E-state index in [-0.39, 0.29) is 11.8 Å². The predicted octanol–water partition coefficient (Wildman–Crippen LogP) is 4.07. The minimum absolute atomic E-state index is 0.0826. The van der Waals surface area contributed by atoms with Gasteiger partial charge in [0.25, 0.3) is 0 Å². The number of ether oxygens (including phenoxy) is 1. The van der Waals surface area contributed by atoms with Crippen LogP contribution in [0.4, 0.5) is 0 Å². The Kier molecular flexibility index (Phi) is 9.37. The molecule has 1 rings (SSSR count). The molecule has 0 saturated carbocycles. The van der Waals surface area contributed by atoms with E-state index in [1.807, 2.05) is 13.8 Å². The monoisotopic (exact) mass is 361 g/mol. The first kappa shape index (κ1) is 20.1. The van der Waals surface area contributed by atoms with Gasteiger partial charge in [-0.2, -0.15) is 0 Å². The molecule has 2 N–H and O–H groups in total. The van der Waals surface area contributed by atoms with E-state index < -0.39 is 6.10 Å². The lowest BCUT2D eigenvalue weighted by atomic mass is 9.96. The zero-order valence-corrected chi connectivity index (χ0v) is 15.2. The van der Waals surface area contributed by atoms with E-state index in [0.717, 1.165) is 12.8 Å². The van der Waals surface area contributed by atoms with Crippen molar-refractivity contribution in [2.45, 2.75) is 45.6 Å². The maximum absolute atomic E-state index is 11.7. The summed E-state index contributed by atoms with van der Waals surface area (Å²) in [5.41, 5.74) is 0. The van der Waals surface area contributed by atoms with E-state index in [4.69, 9.17) is 27.9 Å². The van der Waals surface area contributed by atoms with Crippen LogP contribution in [0, 0.1) is 5.92 Å². The summed E-state index contributed by atoms with van der Waals surface area (Å²) in [6.07, 6.45) is 2.25. The second-order valence-corrected chi connectivity index (χ2v) is 6.32.